The van der Waals surface area contributed by atoms with E-state index in [1.807, 2.05) is 30.3 Å². The Labute approximate surface area is 242 Å². The van der Waals surface area contributed by atoms with E-state index < -0.39 is 34.5 Å². The molecule has 7 nitrogen and oxygen atoms in total. The third-order valence-corrected chi connectivity index (χ3v) is 8.03. The molecule has 0 fully saturated rings. The molecule has 0 saturated heterocycles. The topological polar surface area (TPSA) is 80.4 Å². The van der Waals surface area contributed by atoms with Crippen LogP contribution < -0.4 is 10.2 Å². The third kappa shape index (κ3) is 5.42. The van der Waals surface area contributed by atoms with E-state index in [4.69, 9.17) is 9.52 Å². The van der Waals surface area contributed by atoms with Crippen LogP contribution in [0.5, 0.6) is 0 Å². The number of halogens is 3. The summed E-state index contributed by atoms with van der Waals surface area (Å²) in [5.74, 6) is -2.17. The van der Waals surface area contributed by atoms with Gasteiger partial charge in [-0.1, -0.05) is 36.4 Å². The van der Waals surface area contributed by atoms with Crippen molar-refractivity contribution < 1.29 is 27.2 Å². The Morgan fingerprint density at radius 1 is 0.976 bits per heavy atom. The van der Waals surface area contributed by atoms with Crippen LogP contribution in [0.1, 0.15) is 22.1 Å². The van der Waals surface area contributed by atoms with Crippen LogP contribution in [-0.2, 0) is 16.1 Å². The number of hydrogen-bond donors (Lipinski definition) is 1. The van der Waals surface area contributed by atoms with Gasteiger partial charge in [0, 0.05) is 22.8 Å². The molecular formula is C31H23F3N4O3S. The van der Waals surface area contributed by atoms with Crippen LogP contribution in [0.25, 0.3) is 16.9 Å². The number of anilines is 1. The van der Waals surface area contributed by atoms with Crippen LogP contribution >= 0.6 is 11.8 Å². The SMILES string of the molecule is O=C(CN1C(=O)CS[C@@H](c2ccc(F)cc2F)c2c(-c3ccccc3)nn(-c3ccc(F)cc3)c21)NCc1ccco1. The third-order valence-electron chi connectivity index (χ3n) is 6.79. The van der Waals surface area contributed by atoms with Gasteiger partial charge in [-0.25, -0.2) is 17.9 Å². The number of hydrogen-bond acceptors (Lipinski definition) is 5. The predicted octanol–water partition coefficient (Wildman–Crippen LogP) is 6.04. The Kier molecular flexibility index (Phi) is 7.58. The van der Waals surface area contributed by atoms with Crippen molar-refractivity contribution in [2.45, 2.75) is 11.8 Å². The van der Waals surface area contributed by atoms with Gasteiger partial charge in [0.25, 0.3) is 0 Å². The Morgan fingerprint density at radius 2 is 1.74 bits per heavy atom. The van der Waals surface area contributed by atoms with Gasteiger partial charge >= 0.3 is 0 Å². The summed E-state index contributed by atoms with van der Waals surface area (Å²) in [5.41, 5.74) is 2.17. The lowest BCUT2D eigenvalue weighted by Crippen LogP contribution is -2.42. The molecule has 3 heterocycles. The van der Waals surface area contributed by atoms with E-state index >= 15 is 4.39 Å². The van der Waals surface area contributed by atoms with Crippen molar-refractivity contribution in [2.24, 2.45) is 0 Å². The monoisotopic (exact) mass is 588 g/mol. The molecule has 2 amide bonds. The van der Waals surface area contributed by atoms with Gasteiger partial charge in [-0.15, -0.1) is 11.8 Å². The number of aromatic nitrogens is 2. The van der Waals surface area contributed by atoms with Crippen molar-refractivity contribution in [1.82, 2.24) is 15.1 Å². The molecule has 1 atom stereocenters. The predicted molar refractivity (Wildman–Crippen MR) is 153 cm³/mol. The minimum atomic E-state index is -0.787. The van der Waals surface area contributed by atoms with Crippen molar-refractivity contribution >= 4 is 29.4 Å². The van der Waals surface area contributed by atoms with Crippen LogP contribution in [0, 0.1) is 17.5 Å². The molecule has 2 aromatic heterocycles. The fraction of sp³-hybridized carbons (Fsp3) is 0.129. The van der Waals surface area contributed by atoms with Crippen molar-refractivity contribution in [2.75, 3.05) is 17.2 Å². The van der Waals surface area contributed by atoms with E-state index in [0.717, 1.165) is 23.9 Å². The second-order valence-corrected chi connectivity index (χ2v) is 10.6. The fourth-order valence-corrected chi connectivity index (χ4v) is 6.07. The van der Waals surface area contributed by atoms with Gasteiger partial charge < -0.3 is 9.73 Å². The maximum Gasteiger partial charge on any atom is 0.240 e. The molecule has 6 rings (SSSR count). The van der Waals surface area contributed by atoms with Gasteiger partial charge in [0.15, 0.2) is 0 Å². The smallest absolute Gasteiger partial charge is 0.240 e. The van der Waals surface area contributed by atoms with E-state index in [9.17, 15) is 18.4 Å². The van der Waals surface area contributed by atoms with Crippen LogP contribution in [0.2, 0.25) is 0 Å². The molecule has 42 heavy (non-hydrogen) atoms. The molecule has 0 unspecified atom stereocenters. The average Bonchev–Trinajstić information content (AvgIpc) is 3.62. The van der Waals surface area contributed by atoms with Crippen molar-refractivity contribution in [1.29, 1.82) is 0 Å². The van der Waals surface area contributed by atoms with Crippen LogP contribution in [-0.4, -0.2) is 33.9 Å². The van der Waals surface area contributed by atoms with Crippen molar-refractivity contribution in [3.63, 3.8) is 0 Å². The minimum Gasteiger partial charge on any atom is -0.467 e. The van der Waals surface area contributed by atoms with E-state index in [1.165, 1.54) is 46.2 Å². The summed E-state index contributed by atoms with van der Waals surface area (Å²) < 4.78 is 49.9. The number of benzene rings is 3. The highest BCUT2D eigenvalue weighted by molar-refractivity contribution is 8.00. The quantitative estimate of drug-likeness (QED) is 0.251. The molecule has 1 aliphatic rings. The Bertz CT molecular complexity index is 1740. The lowest BCUT2D eigenvalue weighted by molar-refractivity contribution is -0.123. The number of furan rings is 1. The number of thioether (sulfide) groups is 1. The van der Waals surface area contributed by atoms with Gasteiger partial charge in [0.1, 0.15) is 35.6 Å². The maximum atomic E-state index is 15.3. The lowest BCUT2D eigenvalue weighted by atomic mass is 9.99. The molecule has 212 valence electrons. The summed E-state index contributed by atoms with van der Waals surface area (Å²) >= 11 is 1.16. The first-order valence-electron chi connectivity index (χ1n) is 13.0. The minimum absolute atomic E-state index is 0.0979. The first kappa shape index (κ1) is 27.4. The normalized spacial score (nSPS) is 14.9. The number of carbonyl (C=O) groups excluding carboxylic acids is 2. The molecule has 0 saturated carbocycles. The molecule has 0 radical (unpaired) electrons. The van der Waals surface area contributed by atoms with E-state index in [0.29, 0.717) is 28.3 Å². The first-order valence-corrected chi connectivity index (χ1v) is 14.0. The number of amides is 2. The highest BCUT2D eigenvalue weighted by atomic mass is 32.2. The number of fused-ring (bicyclic) bond motifs is 1. The second kappa shape index (κ2) is 11.6. The summed E-state index contributed by atoms with van der Waals surface area (Å²) in [6.45, 7) is -0.252. The Hall–Kier alpha value is -4.77. The summed E-state index contributed by atoms with van der Waals surface area (Å²) in [5, 5.41) is 6.82. The van der Waals surface area contributed by atoms with Crippen LogP contribution in [0.4, 0.5) is 19.0 Å². The van der Waals surface area contributed by atoms with Gasteiger partial charge in [-0.3, -0.25) is 14.5 Å². The maximum absolute atomic E-state index is 15.3. The van der Waals surface area contributed by atoms with E-state index in [-0.39, 0.29) is 30.2 Å². The zero-order chi connectivity index (χ0) is 29.2. The summed E-state index contributed by atoms with van der Waals surface area (Å²) in [4.78, 5) is 28.2. The van der Waals surface area contributed by atoms with Gasteiger partial charge in [0.05, 0.1) is 35.2 Å². The average molecular weight is 589 g/mol. The van der Waals surface area contributed by atoms with Crippen molar-refractivity contribution in [3.8, 4) is 16.9 Å². The largest absolute Gasteiger partial charge is 0.467 e. The summed E-state index contributed by atoms with van der Waals surface area (Å²) in [7, 11) is 0. The van der Waals surface area contributed by atoms with Gasteiger partial charge in [-0.2, -0.15) is 5.10 Å². The molecule has 1 N–H and O–H groups in total. The molecule has 0 spiro atoms. The zero-order valence-corrected chi connectivity index (χ0v) is 22.8. The van der Waals surface area contributed by atoms with Gasteiger partial charge in [0.2, 0.25) is 11.8 Å². The zero-order valence-electron chi connectivity index (χ0n) is 22.0. The number of carbonyl (C=O) groups is 2. The highest BCUT2D eigenvalue weighted by Crippen LogP contribution is 2.49. The van der Waals surface area contributed by atoms with Gasteiger partial charge in [-0.05, 0) is 42.5 Å². The second-order valence-electron chi connectivity index (χ2n) is 9.53. The highest BCUT2D eigenvalue weighted by Gasteiger charge is 2.38. The molecular weight excluding hydrogens is 565 g/mol. The summed E-state index contributed by atoms with van der Waals surface area (Å²) in [6.07, 6.45) is 1.49. The van der Waals surface area contributed by atoms with E-state index in [1.54, 1.807) is 12.1 Å². The fourth-order valence-electron chi connectivity index (χ4n) is 4.85. The van der Waals surface area contributed by atoms with E-state index in [2.05, 4.69) is 5.32 Å². The summed E-state index contributed by atoms with van der Waals surface area (Å²) in [6, 6.07) is 21.4. The molecule has 0 bridgehead atoms. The number of nitrogens with zero attached hydrogens (tertiary/aromatic N) is 3. The molecule has 11 heteroatoms. The van der Waals surface area contributed by atoms with Crippen LogP contribution in [0.15, 0.2) is 95.6 Å². The molecule has 3 aromatic carbocycles. The lowest BCUT2D eigenvalue weighted by Gasteiger charge is -2.23. The molecule has 5 aromatic rings. The standard InChI is InChI=1S/C31H23F3N4O3S/c32-20-8-11-22(12-9-20)38-31-28(29(36-38)19-5-2-1-3-6-19)30(24-13-10-21(33)15-25(24)34)42-18-27(40)37(31)17-26(39)35-16-23-7-4-14-41-23/h1-15,30H,16-18H2,(H,35,39)/t30-/m0/s1. The van der Waals surface area contributed by atoms with Crippen molar-refractivity contribution in [3.05, 3.63) is 126 Å². The number of nitrogens with one attached hydrogen (secondary N) is 1. The number of rotatable bonds is 7. The Morgan fingerprint density at radius 3 is 2.45 bits per heavy atom. The molecule has 0 aliphatic carbocycles. The van der Waals surface area contributed by atoms with Crippen LogP contribution in [0.3, 0.4) is 0 Å². The Balaban J connectivity index is 1.55. The molecule has 1 aliphatic heterocycles. The first-order chi connectivity index (χ1) is 20.4.